The lowest BCUT2D eigenvalue weighted by Crippen LogP contribution is -2.20. The Morgan fingerprint density at radius 1 is 1.14 bits per heavy atom. The minimum absolute atomic E-state index is 0.00101. The van der Waals surface area contributed by atoms with Crippen molar-refractivity contribution < 1.29 is 9.53 Å². The lowest BCUT2D eigenvalue weighted by atomic mass is 10.1. The molecule has 1 amide bonds. The summed E-state index contributed by atoms with van der Waals surface area (Å²) in [6.45, 7) is 4.16. The first kappa shape index (κ1) is 16.6. The van der Waals surface area contributed by atoms with Gasteiger partial charge in [-0.2, -0.15) is 0 Å². The van der Waals surface area contributed by atoms with Crippen molar-refractivity contribution in [1.29, 1.82) is 0 Å². The Kier molecular flexibility index (Phi) is 6.01. The zero-order valence-electron chi connectivity index (χ0n) is 12.9. The van der Waals surface area contributed by atoms with Crippen LogP contribution in [0.1, 0.15) is 25.0 Å². The fourth-order valence-corrected chi connectivity index (χ4v) is 2.67. The third-order valence-corrected chi connectivity index (χ3v) is 4.08. The van der Waals surface area contributed by atoms with Crippen molar-refractivity contribution in [2.24, 2.45) is 0 Å². The molecule has 3 nitrogen and oxygen atoms in total. The van der Waals surface area contributed by atoms with Crippen molar-refractivity contribution in [3.05, 3.63) is 58.1 Å². The van der Waals surface area contributed by atoms with Gasteiger partial charge in [-0.05, 0) is 58.1 Å². The maximum absolute atomic E-state index is 12.0. The van der Waals surface area contributed by atoms with Crippen molar-refractivity contribution >= 4 is 27.5 Å². The van der Waals surface area contributed by atoms with Crippen LogP contribution < -0.4 is 10.1 Å². The number of halogens is 1. The summed E-state index contributed by atoms with van der Waals surface area (Å²) >= 11 is 3.48. The maximum atomic E-state index is 12.0. The molecule has 0 aliphatic carbocycles. The van der Waals surface area contributed by atoms with Gasteiger partial charge in [0.05, 0.1) is 5.69 Å². The molecular formula is C18H20BrNO2. The number of hydrogen-bond donors (Lipinski definition) is 1. The van der Waals surface area contributed by atoms with Crippen LogP contribution in [0.3, 0.4) is 0 Å². The number of para-hydroxylation sites is 1. The van der Waals surface area contributed by atoms with Crippen molar-refractivity contribution in [2.45, 2.75) is 26.7 Å². The van der Waals surface area contributed by atoms with E-state index in [0.717, 1.165) is 34.3 Å². The van der Waals surface area contributed by atoms with Crippen LogP contribution in [-0.2, 0) is 17.6 Å². The highest BCUT2D eigenvalue weighted by molar-refractivity contribution is 9.10. The Balaban J connectivity index is 1.96. The summed E-state index contributed by atoms with van der Waals surface area (Å²) in [5.41, 5.74) is 3.08. The summed E-state index contributed by atoms with van der Waals surface area (Å²) in [4.78, 5) is 12.0. The number of nitrogens with one attached hydrogen (secondary N) is 1. The molecule has 0 spiro atoms. The minimum atomic E-state index is -0.171. The van der Waals surface area contributed by atoms with E-state index in [-0.39, 0.29) is 12.5 Å². The molecule has 0 saturated heterocycles. The number of rotatable bonds is 6. The number of hydrogen-bond acceptors (Lipinski definition) is 2. The van der Waals surface area contributed by atoms with E-state index in [1.807, 2.05) is 42.5 Å². The van der Waals surface area contributed by atoms with Gasteiger partial charge in [-0.1, -0.05) is 38.1 Å². The molecule has 0 atom stereocenters. The summed E-state index contributed by atoms with van der Waals surface area (Å²) in [5, 5.41) is 2.86. The van der Waals surface area contributed by atoms with E-state index in [2.05, 4.69) is 35.1 Å². The number of ether oxygens (including phenoxy) is 1. The standard InChI is InChI=1S/C18H20BrNO2/c1-3-13-9-10-16(15(19)11-13)20-18(21)12-22-17-8-6-5-7-14(17)4-2/h5-11H,3-4,12H2,1-2H3,(H,20,21). The van der Waals surface area contributed by atoms with Crippen molar-refractivity contribution in [3.8, 4) is 5.75 Å². The zero-order valence-corrected chi connectivity index (χ0v) is 14.4. The van der Waals surface area contributed by atoms with Crippen LogP contribution in [0.2, 0.25) is 0 Å². The highest BCUT2D eigenvalue weighted by Crippen LogP contribution is 2.24. The van der Waals surface area contributed by atoms with E-state index in [0.29, 0.717) is 0 Å². The van der Waals surface area contributed by atoms with Gasteiger partial charge >= 0.3 is 0 Å². The van der Waals surface area contributed by atoms with Crippen LogP contribution in [0, 0.1) is 0 Å². The van der Waals surface area contributed by atoms with Gasteiger partial charge in [-0.15, -0.1) is 0 Å². The van der Waals surface area contributed by atoms with Gasteiger partial charge in [0.1, 0.15) is 5.75 Å². The molecule has 0 bridgehead atoms. The first-order valence-corrected chi connectivity index (χ1v) is 8.22. The molecule has 0 aromatic heterocycles. The quantitative estimate of drug-likeness (QED) is 0.816. The normalized spacial score (nSPS) is 10.3. The second kappa shape index (κ2) is 7.99. The van der Waals surface area contributed by atoms with Crippen LogP contribution in [0.5, 0.6) is 5.75 Å². The van der Waals surface area contributed by atoms with Crippen LogP contribution in [-0.4, -0.2) is 12.5 Å². The Hall–Kier alpha value is -1.81. The van der Waals surface area contributed by atoms with Crippen molar-refractivity contribution in [2.75, 3.05) is 11.9 Å². The van der Waals surface area contributed by atoms with Crippen LogP contribution in [0.4, 0.5) is 5.69 Å². The predicted molar refractivity (Wildman–Crippen MR) is 93.5 cm³/mol. The summed E-state index contributed by atoms with van der Waals surface area (Å²) < 4.78 is 6.50. The molecule has 2 aromatic rings. The highest BCUT2D eigenvalue weighted by atomic mass is 79.9. The van der Waals surface area contributed by atoms with E-state index in [1.165, 1.54) is 5.56 Å². The van der Waals surface area contributed by atoms with E-state index < -0.39 is 0 Å². The number of aryl methyl sites for hydroxylation is 2. The largest absolute Gasteiger partial charge is 0.483 e. The van der Waals surface area contributed by atoms with E-state index in [4.69, 9.17) is 4.74 Å². The molecule has 116 valence electrons. The minimum Gasteiger partial charge on any atom is -0.483 e. The summed E-state index contributed by atoms with van der Waals surface area (Å²) in [6, 6.07) is 13.7. The Labute approximate surface area is 139 Å². The fraction of sp³-hybridized carbons (Fsp3) is 0.278. The molecule has 0 unspecified atom stereocenters. The smallest absolute Gasteiger partial charge is 0.262 e. The molecule has 0 aliphatic rings. The Bertz CT molecular complexity index is 655. The number of benzene rings is 2. The van der Waals surface area contributed by atoms with Crippen molar-refractivity contribution in [3.63, 3.8) is 0 Å². The van der Waals surface area contributed by atoms with Gasteiger partial charge in [-0.25, -0.2) is 0 Å². The van der Waals surface area contributed by atoms with Gasteiger partial charge in [0.2, 0.25) is 0 Å². The van der Waals surface area contributed by atoms with Gasteiger partial charge in [-0.3, -0.25) is 4.79 Å². The fourth-order valence-electron chi connectivity index (χ4n) is 2.15. The number of carbonyl (C=O) groups excluding carboxylic acids is 1. The van der Waals surface area contributed by atoms with Gasteiger partial charge in [0, 0.05) is 4.47 Å². The molecule has 0 saturated carbocycles. The Morgan fingerprint density at radius 2 is 1.91 bits per heavy atom. The molecule has 0 radical (unpaired) electrons. The number of carbonyl (C=O) groups is 1. The molecular weight excluding hydrogens is 342 g/mol. The summed E-state index contributed by atoms with van der Waals surface area (Å²) in [7, 11) is 0. The predicted octanol–water partition coefficient (Wildman–Crippen LogP) is 4.59. The molecule has 0 heterocycles. The maximum Gasteiger partial charge on any atom is 0.262 e. The van der Waals surface area contributed by atoms with Crippen LogP contribution in [0.25, 0.3) is 0 Å². The van der Waals surface area contributed by atoms with E-state index >= 15 is 0 Å². The molecule has 1 N–H and O–H groups in total. The molecule has 4 heteroatoms. The molecule has 22 heavy (non-hydrogen) atoms. The Morgan fingerprint density at radius 3 is 2.59 bits per heavy atom. The third-order valence-electron chi connectivity index (χ3n) is 3.43. The third kappa shape index (κ3) is 4.34. The second-order valence-electron chi connectivity index (χ2n) is 4.97. The van der Waals surface area contributed by atoms with Crippen LogP contribution in [0.15, 0.2) is 46.9 Å². The van der Waals surface area contributed by atoms with Crippen molar-refractivity contribution in [1.82, 2.24) is 0 Å². The summed E-state index contributed by atoms with van der Waals surface area (Å²) in [5.74, 6) is 0.594. The van der Waals surface area contributed by atoms with Gasteiger partial charge < -0.3 is 10.1 Å². The topological polar surface area (TPSA) is 38.3 Å². The molecule has 2 aromatic carbocycles. The lowest BCUT2D eigenvalue weighted by molar-refractivity contribution is -0.118. The average molecular weight is 362 g/mol. The molecule has 0 fully saturated rings. The first-order chi connectivity index (χ1) is 10.6. The van der Waals surface area contributed by atoms with Crippen LogP contribution >= 0.6 is 15.9 Å². The van der Waals surface area contributed by atoms with E-state index in [1.54, 1.807) is 0 Å². The molecule has 2 rings (SSSR count). The van der Waals surface area contributed by atoms with E-state index in [9.17, 15) is 4.79 Å². The molecule has 0 aliphatic heterocycles. The highest BCUT2D eigenvalue weighted by Gasteiger charge is 2.08. The summed E-state index contributed by atoms with van der Waals surface area (Å²) in [6.07, 6.45) is 1.84. The number of amides is 1. The SMILES string of the molecule is CCc1ccc(NC(=O)COc2ccccc2CC)c(Br)c1. The number of anilines is 1. The lowest BCUT2D eigenvalue weighted by Gasteiger charge is -2.11. The van der Waals surface area contributed by atoms with Gasteiger partial charge in [0.15, 0.2) is 6.61 Å². The average Bonchev–Trinajstić information content (AvgIpc) is 2.55. The van der Waals surface area contributed by atoms with Gasteiger partial charge in [0.25, 0.3) is 5.91 Å². The zero-order chi connectivity index (χ0) is 15.9. The first-order valence-electron chi connectivity index (χ1n) is 7.43. The monoisotopic (exact) mass is 361 g/mol. The second-order valence-corrected chi connectivity index (χ2v) is 5.82.